The second-order valence-corrected chi connectivity index (χ2v) is 4.61. The van der Waals surface area contributed by atoms with Gasteiger partial charge in [-0.05, 0) is 39.1 Å². The third kappa shape index (κ3) is 7.58. The minimum atomic E-state index is -0.936. The zero-order valence-corrected chi connectivity index (χ0v) is 11.9. The number of hydrogen-bond donors (Lipinski definition) is 1. The summed E-state index contributed by atoms with van der Waals surface area (Å²) in [6, 6.07) is 0. The molecule has 0 aromatic carbocycles. The molecule has 0 aliphatic rings. The van der Waals surface area contributed by atoms with Crippen LogP contribution in [0, 0.1) is 0 Å². The molecule has 102 valence electrons. The fourth-order valence-corrected chi connectivity index (χ4v) is 1.94. The number of alkyl halides is 1. The van der Waals surface area contributed by atoms with E-state index in [0.29, 0.717) is 6.54 Å². The third-order valence-corrected chi connectivity index (χ3v) is 3.30. The van der Waals surface area contributed by atoms with Crippen molar-refractivity contribution in [3.63, 3.8) is 0 Å². The molecular weight excluding hydrogens is 240 g/mol. The summed E-state index contributed by atoms with van der Waals surface area (Å²) in [4.78, 5) is 15.1. The standard InChI is InChI=1S/C12H25ClN2O2/c1-4-14(5-2)8-7-9-15(6-3)10-11(13)12(16)17/h11H,4-10H2,1-3H3,(H,16,17). The van der Waals surface area contributed by atoms with E-state index in [4.69, 9.17) is 16.7 Å². The number of rotatable bonds is 10. The molecule has 17 heavy (non-hydrogen) atoms. The second-order valence-electron chi connectivity index (χ2n) is 4.08. The van der Waals surface area contributed by atoms with Crippen LogP contribution < -0.4 is 0 Å². The molecule has 1 N–H and O–H groups in total. The Morgan fingerprint density at radius 2 is 1.59 bits per heavy atom. The van der Waals surface area contributed by atoms with E-state index in [1.54, 1.807) is 0 Å². The van der Waals surface area contributed by atoms with Gasteiger partial charge in [0.2, 0.25) is 0 Å². The summed E-state index contributed by atoms with van der Waals surface area (Å²) >= 11 is 5.73. The number of carboxylic acids is 1. The molecular formula is C12H25ClN2O2. The molecule has 1 unspecified atom stereocenters. The van der Waals surface area contributed by atoms with Gasteiger partial charge in [0.1, 0.15) is 5.38 Å². The van der Waals surface area contributed by atoms with Gasteiger partial charge in [-0.2, -0.15) is 0 Å². The van der Waals surface area contributed by atoms with Crippen molar-refractivity contribution in [1.82, 2.24) is 9.80 Å². The molecule has 0 saturated carbocycles. The van der Waals surface area contributed by atoms with Crippen molar-refractivity contribution >= 4 is 17.6 Å². The first kappa shape index (κ1) is 16.7. The molecule has 0 rings (SSSR count). The van der Waals surface area contributed by atoms with Crippen molar-refractivity contribution in [2.24, 2.45) is 0 Å². The van der Waals surface area contributed by atoms with Gasteiger partial charge >= 0.3 is 5.97 Å². The Kier molecular flexibility index (Phi) is 9.50. The molecule has 0 heterocycles. The molecule has 0 aliphatic heterocycles. The number of aliphatic carboxylic acids is 1. The zero-order chi connectivity index (χ0) is 13.3. The fourth-order valence-electron chi connectivity index (χ4n) is 1.74. The Bertz CT molecular complexity index is 211. The molecule has 0 spiro atoms. The summed E-state index contributed by atoms with van der Waals surface area (Å²) < 4.78 is 0. The highest BCUT2D eigenvalue weighted by molar-refractivity contribution is 6.29. The molecule has 0 bridgehead atoms. The summed E-state index contributed by atoms with van der Waals surface area (Å²) in [7, 11) is 0. The zero-order valence-electron chi connectivity index (χ0n) is 11.2. The van der Waals surface area contributed by atoms with Crippen LogP contribution in [0.25, 0.3) is 0 Å². The highest BCUT2D eigenvalue weighted by Gasteiger charge is 2.17. The SMILES string of the molecule is CCN(CC)CCCN(CC)CC(Cl)C(=O)O. The Morgan fingerprint density at radius 3 is 2.00 bits per heavy atom. The third-order valence-electron chi connectivity index (χ3n) is 2.98. The highest BCUT2D eigenvalue weighted by Crippen LogP contribution is 2.02. The molecule has 0 saturated heterocycles. The van der Waals surface area contributed by atoms with Gasteiger partial charge in [-0.3, -0.25) is 4.79 Å². The van der Waals surface area contributed by atoms with E-state index < -0.39 is 11.3 Å². The topological polar surface area (TPSA) is 43.8 Å². The van der Waals surface area contributed by atoms with Gasteiger partial charge in [0.15, 0.2) is 0 Å². The van der Waals surface area contributed by atoms with Crippen molar-refractivity contribution < 1.29 is 9.90 Å². The Balaban J connectivity index is 3.85. The number of hydrogen-bond acceptors (Lipinski definition) is 3. The minimum absolute atomic E-state index is 0.422. The summed E-state index contributed by atoms with van der Waals surface area (Å²) in [6.07, 6.45) is 1.05. The number of carbonyl (C=O) groups is 1. The number of carboxylic acid groups (broad SMARTS) is 1. The van der Waals surface area contributed by atoms with Gasteiger partial charge in [-0.1, -0.05) is 20.8 Å². The fraction of sp³-hybridized carbons (Fsp3) is 0.917. The van der Waals surface area contributed by atoms with Crippen molar-refractivity contribution in [2.45, 2.75) is 32.6 Å². The highest BCUT2D eigenvalue weighted by atomic mass is 35.5. The lowest BCUT2D eigenvalue weighted by Gasteiger charge is -2.24. The van der Waals surface area contributed by atoms with Crippen LogP contribution in [0.1, 0.15) is 27.2 Å². The molecule has 0 radical (unpaired) electrons. The van der Waals surface area contributed by atoms with Gasteiger partial charge in [0, 0.05) is 6.54 Å². The average molecular weight is 265 g/mol. The average Bonchev–Trinajstić information content (AvgIpc) is 2.32. The maximum Gasteiger partial charge on any atom is 0.322 e. The maximum absolute atomic E-state index is 10.7. The van der Waals surface area contributed by atoms with E-state index in [2.05, 4.69) is 23.6 Å². The predicted octanol–water partition coefficient (Wildman–Crippen LogP) is 1.73. The summed E-state index contributed by atoms with van der Waals surface area (Å²) in [5, 5.41) is 7.95. The van der Waals surface area contributed by atoms with Crippen molar-refractivity contribution in [3.8, 4) is 0 Å². The number of halogens is 1. The van der Waals surface area contributed by atoms with Gasteiger partial charge in [0.25, 0.3) is 0 Å². The summed E-state index contributed by atoms with van der Waals surface area (Å²) in [6.45, 7) is 11.7. The lowest BCUT2D eigenvalue weighted by atomic mass is 10.3. The molecule has 0 fully saturated rings. The van der Waals surface area contributed by atoms with Crippen LogP contribution in [0.4, 0.5) is 0 Å². The summed E-state index contributed by atoms with van der Waals surface area (Å²) in [5.41, 5.74) is 0. The van der Waals surface area contributed by atoms with Gasteiger partial charge in [-0.25, -0.2) is 0 Å². The van der Waals surface area contributed by atoms with E-state index in [0.717, 1.165) is 39.1 Å². The Hall–Kier alpha value is -0.320. The van der Waals surface area contributed by atoms with Crippen LogP contribution >= 0.6 is 11.6 Å². The van der Waals surface area contributed by atoms with Crippen LogP contribution in [0.2, 0.25) is 0 Å². The molecule has 5 heteroatoms. The van der Waals surface area contributed by atoms with Crippen LogP contribution in [-0.2, 0) is 4.79 Å². The van der Waals surface area contributed by atoms with E-state index >= 15 is 0 Å². The van der Waals surface area contributed by atoms with Crippen LogP contribution in [-0.4, -0.2) is 65.5 Å². The predicted molar refractivity (Wildman–Crippen MR) is 71.8 cm³/mol. The monoisotopic (exact) mass is 264 g/mol. The van der Waals surface area contributed by atoms with Crippen molar-refractivity contribution in [1.29, 1.82) is 0 Å². The Labute approximate surface area is 110 Å². The van der Waals surface area contributed by atoms with Crippen molar-refractivity contribution in [3.05, 3.63) is 0 Å². The van der Waals surface area contributed by atoms with E-state index in [1.807, 2.05) is 6.92 Å². The van der Waals surface area contributed by atoms with Crippen LogP contribution in [0.3, 0.4) is 0 Å². The quantitative estimate of drug-likeness (QED) is 0.611. The lowest BCUT2D eigenvalue weighted by molar-refractivity contribution is -0.136. The van der Waals surface area contributed by atoms with Crippen molar-refractivity contribution in [2.75, 3.05) is 39.3 Å². The van der Waals surface area contributed by atoms with Crippen LogP contribution in [0.15, 0.2) is 0 Å². The molecule has 0 aromatic heterocycles. The maximum atomic E-state index is 10.7. The first-order valence-electron chi connectivity index (χ1n) is 6.36. The van der Waals surface area contributed by atoms with E-state index in [9.17, 15) is 4.79 Å². The van der Waals surface area contributed by atoms with Gasteiger partial charge in [0.05, 0.1) is 0 Å². The Morgan fingerprint density at radius 1 is 1.12 bits per heavy atom. The molecule has 0 aliphatic carbocycles. The normalized spacial score (nSPS) is 13.3. The minimum Gasteiger partial charge on any atom is -0.480 e. The number of nitrogens with zero attached hydrogens (tertiary/aromatic N) is 2. The van der Waals surface area contributed by atoms with Gasteiger partial charge < -0.3 is 14.9 Å². The van der Waals surface area contributed by atoms with Gasteiger partial charge in [-0.15, -0.1) is 11.6 Å². The molecule has 4 nitrogen and oxygen atoms in total. The first-order valence-corrected chi connectivity index (χ1v) is 6.80. The smallest absolute Gasteiger partial charge is 0.322 e. The van der Waals surface area contributed by atoms with Crippen LogP contribution in [0.5, 0.6) is 0 Å². The second kappa shape index (κ2) is 9.68. The lowest BCUT2D eigenvalue weighted by Crippen LogP contribution is -2.36. The molecule has 0 aromatic rings. The first-order chi connectivity index (χ1) is 8.04. The largest absolute Gasteiger partial charge is 0.480 e. The summed E-state index contributed by atoms with van der Waals surface area (Å²) in [5.74, 6) is -0.936. The molecule has 1 atom stereocenters. The van der Waals surface area contributed by atoms with E-state index in [1.165, 1.54) is 0 Å². The molecule has 0 amide bonds. The van der Waals surface area contributed by atoms with E-state index in [-0.39, 0.29) is 0 Å².